The van der Waals surface area contributed by atoms with E-state index >= 15 is 0 Å². The molecule has 2 aliphatic heterocycles. The smallest absolute Gasteiger partial charge is 0.0644 e. The molecule has 2 aliphatic rings. The molecular formula is C13H27N3O. The van der Waals surface area contributed by atoms with E-state index in [0.717, 1.165) is 25.9 Å². The highest BCUT2D eigenvalue weighted by molar-refractivity contribution is 4.82. The van der Waals surface area contributed by atoms with Gasteiger partial charge >= 0.3 is 0 Å². The van der Waals surface area contributed by atoms with Gasteiger partial charge in [0.2, 0.25) is 0 Å². The minimum absolute atomic E-state index is 0.412. The summed E-state index contributed by atoms with van der Waals surface area (Å²) in [6.45, 7) is 11.3. The Labute approximate surface area is 105 Å². The first kappa shape index (κ1) is 13.3. The van der Waals surface area contributed by atoms with E-state index in [4.69, 9.17) is 0 Å². The van der Waals surface area contributed by atoms with Crippen LogP contribution in [0, 0.1) is 0 Å². The van der Waals surface area contributed by atoms with Crippen molar-refractivity contribution in [3.8, 4) is 0 Å². The first-order valence-corrected chi connectivity index (χ1v) is 6.91. The third kappa shape index (κ3) is 4.21. The van der Waals surface area contributed by atoms with Gasteiger partial charge in [-0.1, -0.05) is 0 Å². The maximum atomic E-state index is 9.90. The molecule has 0 aliphatic carbocycles. The number of rotatable bonds is 3. The van der Waals surface area contributed by atoms with E-state index in [-0.39, 0.29) is 0 Å². The summed E-state index contributed by atoms with van der Waals surface area (Å²) in [6.07, 6.45) is 1.85. The highest BCUT2D eigenvalue weighted by atomic mass is 16.3. The molecule has 0 aromatic heterocycles. The Balaban J connectivity index is 1.63. The van der Waals surface area contributed by atoms with Crippen LogP contribution in [-0.4, -0.2) is 84.8 Å². The molecule has 0 bridgehead atoms. The second-order valence-electron chi connectivity index (χ2n) is 5.98. The zero-order valence-electron chi connectivity index (χ0n) is 11.4. The molecule has 0 aromatic rings. The van der Waals surface area contributed by atoms with Gasteiger partial charge in [0.1, 0.15) is 0 Å². The summed E-state index contributed by atoms with van der Waals surface area (Å²) in [6, 6.07) is 0. The van der Waals surface area contributed by atoms with Crippen molar-refractivity contribution in [2.75, 3.05) is 59.4 Å². The predicted octanol–water partition coefficient (Wildman–Crippen LogP) is 0.0806. The molecule has 2 heterocycles. The Morgan fingerprint density at radius 2 is 1.35 bits per heavy atom. The van der Waals surface area contributed by atoms with Gasteiger partial charge in [-0.2, -0.15) is 0 Å². The van der Waals surface area contributed by atoms with Gasteiger partial charge in [0, 0.05) is 52.4 Å². The average Bonchev–Trinajstić information content (AvgIpc) is 2.30. The van der Waals surface area contributed by atoms with E-state index in [1.165, 1.54) is 39.3 Å². The summed E-state index contributed by atoms with van der Waals surface area (Å²) in [7, 11) is 2.20. The van der Waals surface area contributed by atoms with Crippen LogP contribution >= 0.6 is 0 Å². The van der Waals surface area contributed by atoms with Crippen LogP contribution in [0.5, 0.6) is 0 Å². The number of hydrogen-bond donors (Lipinski definition) is 1. The monoisotopic (exact) mass is 241 g/mol. The lowest BCUT2D eigenvalue weighted by atomic mass is 9.94. The van der Waals surface area contributed by atoms with E-state index < -0.39 is 5.60 Å². The second-order valence-corrected chi connectivity index (χ2v) is 5.98. The van der Waals surface area contributed by atoms with E-state index in [2.05, 4.69) is 21.7 Å². The molecule has 4 nitrogen and oxygen atoms in total. The quantitative estimate of drug-likeness (QED) is 0.758. The van der Waals surface area contributed by atoms with E-state index in [1.54, 1.807) is 0 Å². The number of hydrogen-bond acceptors (Lipinski definition) is 4. The van der Waals surface area contributed by atoms with Gasteiger partial charge in [-0.25, -0.2) is 0 Å². The molecule has 0 atom stereocenters. The lowest BCUT2D eigenvalue weighted by Crippen LogP contribution is -2.49. The number of piperidine rings is 1. The molecule has 0 saturated carbocycles. The van der Waals surface area contributed by atoms with E-state index in [1.807, 2.05) is 6.92 Å². The molecular weight excluding hydrogens is 214 g/mol. The van der Waals surface area contributed by atoms with E-state index in [9.17, 15) is 5.11 Å². The maximum absolute atomic E-state index is 9.90. The van der Waals surface area contributed by atoms with Crippen LogP contribution in [0.1, 0.15) is 19.8 Å². The molecule has 2 rings (SSSR count). The topological polar surface area (TPSA) is 30.0 Å². The predicted molar refractivity (Wildman–Crippen MR) is 70.2 cm³/mol. The Morgan fingerprint density at radius 3 is 1.88 bits per heavy atom. The molecule has 0 aromatic carbocycles. The van der Waals surface area contributed by atoms with Gasteiger partial charge in [-0.15, -0.1) is 0 Å². The molecule has 2 saturated heterocycles. The third-order valence-corrected chi connectivity index (χ3v) is 4.26. The fourth-order valence-corrected chi connectivity index (χ4v) is 2.61. The first-order valence-electron chi connectivity index (χ1n) is 6.91. The average molecular weight is 241 g/mol. The first-order chi connectivity index (χ1) is 8.05. The number of likely N-dealkylation sites (tertiary alicyclic amines) is 1. The van der Waals surface area contributed by atoms with Crippen molar-refractivity contribution in [3.63, 3.8) is 0 Å². The lowest BCUT2D eigenvalue weighted by molar-refractivity contribution is -0.00786. The summed E-state index contributed by atoms with van der Waals surface area (Å²) >= 11 is 0. The number of likely N-dealkylation sites (N-methyl/N-ethyl adjacent to an activating group) is 1. The number of piperazine rings is 1. The standard InChI is InChI=1S/C13H27N3O/c1-13(17)3-5-15(6-4-13)11-12-16-9-7-14(2)8-10-16/h17H,3-12H2,1-2H3. The normalized spacial score (nSPS) is 28.4. The summed E-state index contributed by atoms with van der Waals surface area (Å²) in [5, 5.41) is 9.90. The Bertz CT molecular complexity index is 227. The minimum Gasteiger partial charge on any atom is -0.390 e. The fraction of sp³-hybridized carbons (Fsp3) is 1.00. The summed E-state index contributed by atoms with van der Waals surface area (Å²) in [5.74, 6) is 0. The summed E-state index contributed by atoms with van der Waals surface area (Å²) < 4.78 is 0. The van der Waals surface area contributed by atoms with Crippen LogP contribution in [-0.2, 0) is 0 Å². The number of nitrogens with zero attached hydrogens (tertiary/aromatic N) is 3. The molecule has 1 N–H and O–H groups in total. The van der Waals surface area contributed by atoms with Crippen LogP contribution in [0.2, 0.25) is 0 Å². The Morgan fingerprint density at radius 1 is 0.882 bits per heavy atom. The zero-order chi connectivity index (χ0) is 12.3. The maximum Gasteiger partial charge on any atom is 0.0644 e. The summed E-state index contributed by atoms with van der Waals surface area (Å²) in [5.41, 5.74) is -0.412. The van der Waals surface area contributed by atoms with Gasteiger partial charge in [-0.05, 0) is 26.8 Å². The zero-order valence-corrected chi connectivity index (χ0v) is 11.4. The van der Waals surface area contributed by atoms with Crippen molar-refractivity contribution >= 4 is 0 Å². The molecule has 2 fully saturated rings. The molecule has 4 heteroatoms. The Kier molecular flexibility index (Phi) is 4.42. The molecule has 0 amide bonds. The second kappa shape index (κ2) is 5.65. The van der Waals surface area contributed by atoms with Crippen LogP contribution in [0.15, 0.2) is 0 Å². The minimum atomic E-state index is -0.412. The highest BCUT2D eigenvalue weighted by Gasteiger charge is 2.27. The van der Waals surface area contributed by atoms with Crippen molar-refractivity contribution in [2.24, 2.45) is 0 Å². The lowest BCUT2D eigenvalue weighted by Gasteiger charge is -2.38. The van der Waals surface area contributed by atoms with Gasteiger partial charge in [0.25, 0.3) is 0 Å². The Hall–Kier alpha value is -0.160. The largest absolute Gasteiger partial charge is 0.390 e. The number of aliphatic hydroxyl groups is 1. The van der Waals surface area contributed by atoms with Gasteiger partial charge < -0.3 is 14.9 Å². The molecule has 0 radical (unpaired) electrons. The van der Waals surface area contributed by atoms with Gasteiger partial charge in [0.15, 0.2) is 0 Å². The molecule has 100 valence electrons. The van der Waals surface area contributed by atoms with Crippen molar-refractivity contribution in [2.45, 2.75) is 25.4 Å². The van der Waals surface area contributed by atoms with Crippen molar-refractivity contribution in [1.82, 2.24) is 14.7 Å². The van der Waals surface area contributed by atoms with Crippen molar-refractivity contribution < 1.29 is 5.11 Å². The van der Waals surface area contributed by atoms with Crippen LogP contribution < -0.4 is 0 Å². The fourth-order valence-electron chi connectivity index (χ4n) is 2.61. The van der Waals surface area contributed by atoms with Crippen LogP contribution in [0.25, 0.3) is 0 Å². The van der Waals surface area contributed by atoms with Crippen molar-refractivity contribution in [1.29, 1.82) is 0 Å². The van der Waals surface area contributed by atoms with Gasteiger partial charge in [-0.3, -0.25) is 4.90 Å². The third-order valence-electron chi connectivity index (χ3n) is 4.26. The molecule has 0 spiro atoms. The van der Waals surface area contributed by atoms with Crippen LogP contribution in [0.3, 0.4) is 0 Å². The van der Waals surface area contributed by atoms with Crippen molar-refractivity contribution in [3.05, 3.63) is 0 Å². The van der Waals surface area contributed by atoms with Crippen LogP contribution in [0.4, 0.5) is 0 Å². The van der Waals surface area contributed by atoms with E-state index in [0.29, 0.717) is 0 Å². The molecule has 17 heavy (non-hydrogen) atoms. The molecule has 0 unspecified atom stereocenters. The summed E-state index contributed by atoms with van der Waals surface area (Å²) in [4.78, 5) is 7.46. The highest BCUT2D eigenvalue weighted by Crippen LogP contribution is 2.20. The van der Waals surface area contributed by atoms with Gasteiger partial charge in [0.05, 0.1) is 5.60 Å². The SMILES string of the molecule is CN1CCN(CCN2CCC(C)(O)CC2)CC1.